The quantitative estimate of drug-likeness (QED) is 0.498. The van der Waals surface area contributed by atoms with Crippen molar-refractivity contribution in [2.45, 2.75) is 6.92 Å². The average Bonchev–Trinajstić information content (AvgIpc) is 2.36. The topological polar surface area (TPSA) is 50.7 Å². The number of esters is 1. The standard InChI is InChI=1S/C12H13ClN2O2/c1-3-9-7-5-6-8-10(9)14-15-11(13)12(16)17-4-2/h3,5-8,14H,1,4H2,2H3/b15-11-. The van der Waals surface area contributed by atoms with E-state index in [-0.39, 0.29) is 11.8 Å². The van der Waals surface area contributed by atoms with Crippen LogP contribution in [0.5, 0.6) is 0 Å². The van der Waals surface area contributed by atoms with E-state index in [2.05, 4.69) is 21.8 Å². The highest BCUT2D eigenvalue weighted by molar-refractivity contribution is 6.82. The van der Waals surface area contributed by atoms with Crippen molar-refractivity contribution in [3.05, 3.63) is 36.4 Å². The molecule has 0 aliphatic heterocycles. The molecule has 17 heavy (non-hydrogen) atoms. The first-order valence-corrected chi connectivity index (χ1v) is 5.44. The Morgan fingerprint density at radius 2 is 2.29 bits per heavy atom. The molecule has 0 aromatic heterocycles. The van der Waals surface area contributed by atoms with Crippen LogP contribution < -0.4 is 5.43 Å². The molecule has 1 aromatic carbocycles. The number of halogens is 1. The molecule has 4 nitrogen and oxygen atoms in total. The Morgan fingerprint density at radius 3 is 2.94 bits per heavy atom. The lowest BCUT2D eigenvalue weighted by molar-refractivity contribution is -0.134. The number of nitrogens with zero attached hydrogens (tertiary/aromatic N) is 1. The molecule has 0 heterocycles. The number of hydrogen-bond donors (Lipinski definition) is 1. The zero-order valence-corrected chi connectivity index (χ0v) is 10.2. The fourth-order valence-corrected chi connectivity index (χ4v) is 1.22. The van der Waals surface area contributed by atoms with Crippen LogP contribution in [0, 0.1) is 0 Å². The smallest absolute Gasteiger partial charge is 0.370 e. The summed E-state index contributed by atoms with van der Waals surface area (Å²) in [5.74, 6) is -0.655. The summed E-state index contributed by atoms with van der Waals surface area (Å²) < 4.78 is 4.69. The van der Waals surface area contributed by atoms with E-state index in [4.69, 9.17) is 11.6 Å². The summed E-state index contributed by atoms with van der Waals surface area (Å²) in [6, 6.07) is 7.38. The summed E-state index contributed by atoms with van der Waals surface area (Å²) in [6.07, 6.45) is 1.68. The third kappa shape index (κ3) is 3.92. The molecule has 0 unspecified atom stereocenters. The van der Waals surface area contributed by atoms with Gasteiger partial charge in [-0.3, -0.25) is 5.43 Å². The van der Waals surface area contributed by atoms with Gasteiger partial charge in [0.15, 0.2) is 0 Å². The molecule has 0 radical (unpaired) electrons. The fourth-order valence-electron chi connectivity index (χ4n) is 1.12. The van der Waals surface area contributed by atoms with Crippen molar-refractivity contribution < 1.29 is 9.53 Å². The van der Waals surface area contributed by atoms with Gasteiger partial charge >= 0.3 is 5.97 Å². The van der Waals surface area contributed by atoms with E-state index in [1.807, 2.05) is 18.2 Å². The summed E-state index contributed by atoms with van der Waals surface area (Å²) >= 11 is 5.64. The van der Waals surface area contributed by atoms with Crippen molar-refractivity contribution in [1.82, 2.24) is 0 Å². The molecular formula is C12H13ClN2O2. The molecule has 0 bridgehead atoms. The number of anilines is 1. The lowest BCUT2D eigenvalue weighted by Crippen LogP contribution is -2.13. The second kappa shape index (κ2) is 6.70. The first kappa shape index (κ1) is 13.3. The summed E-state index contributed by atoms with van der Waals surface area (Å²) in [7, 11) is 0. The first-order chi connectivity index (χ1) is 8.19. The molecule has 0 saturated carbocycles. The van der Waals surface area contributed by atoms with E-state index in [1.54, 1.807) is 19.1 Å². The van der Waals surface area contributed by atoms with Crippen molar-refractivity contribution in [2.75, 3.05) is 12.0 Å². The highest BCUT2D eigenvalue weighted by atomic mass is 35.5. The second-order valence-electron chi connectivity index (χ2n) is 3.03. The number of hydrogen-bond acceptors (Lipinski definition) is 4. The Labute approximate surface area is 105 Å². The van der Waals surface area contributed by atoms with Gasteiger partial charge in [0, 0.05) is 0 Å². The van der Waals surface area contributed by atoms with E-state index in [9.17, 15) is 4.79 Å². The minimum atomic E-state index is -0.655. The molecule has 0 amide bonds. The molecule has 5 heteroatoms. The Kier molecular flexibility index (Phi) is 5.23. The summed E-state index contributed by atoms with van der Waals surface area (Å²) in [5, 5.41) is 3.49. The van der Waals surface area contributed by atoms with Crippen LogP contribution >= 0.6 is 11.6 Å². The molecule has 0 spiro atoms. The van der Waals surface area contributed by atoms with Crippen LogP contribution in [0.1, 0.15) is 12.5 Å². The zero-order chi connectivity index (χ0) is 12.7. The lowest BCUT2D eigenvalue weighted by atomic mass is 10.2. The summed E-state index contributed by atoms with van der Waals surface area (Å²) in [5.41, 5.74) is 4.27. The van der Waals surface area contributed by atoms with Crippen molar-refractivity contribution in [3.63, 3.8) is 0 Å². The van der Waals surface area contributed by atoms with E-state index < -0.39 is 5.97 Å². The largest absolute Gasteiger partial charge is 0.461 e. The minimum Gasteiger partial charge on any atom is -0.461 e. The van der Waals surface area contributed by atoms with Crippen LogP contribution in [0.25, 0.3) is 6.08 Å². The van der Waals surface area contributed by atoms with E-state index in [0.29, 0.717) is 5.69 Å². The predicted octanol–water partition coefficient (Wildman–Crippen LogP) is 2.86. The number of para-hydroxylation sites is 1. The maximum absolute atomic E-state index is 11.2. The molecular weight excluding hydrogens is 240 g/mol. The lowest BCUT2D eigenvalue weighted by Gasteiger charge is -2.05. The Hall–Kier alpha value is -1.81. The Morgan fingerprint density at radius 1 is 1.59 bits per heavy atom. The molecule has 0 aliphatic carbocycles. The molecule has 1 rings (SSSR count). The van der Waals surface area contributed by atoms with Gasteiger partial charge in [-0.25, -0.2) is 4.79 Å². The van der Waals surface area contributed by atoms with Crippen LogP contribution in [0.3, 0.4) is 0 Å². The third-order valence-electron chi connectivity index (χ3n) is 1.90. The number of rotatable bonds is 5. The van der Waals surface area contributed by atoms with Crippen molar-refractivity contribution >= 4 is 34.5 Å². The normalized spacial score (nSPS) is 10.8. The first-order valence-electron chi connectivity index (χ1n) is 5.06. The maximum Gasteiger partial charge on any atom is 0.370 e. The average molecular weight is 253 g/mol. The highest BCUT2D eigenvalue weighted by Gasteiger charge is 2.08. The number of ether oxygens (including phenoxy) is 1. The van der Waals surface area contributed by atoms with E-state index in [1.165, 1.54) is 0 Å². The van der Waals surface area contributed by atoms with Gasteiger partial charge in [-0.05, 0) is 18.6 Å². The summed E-state index contributed by atoms with van der Waals surface area (Å²) in [6.45, 7) is 5.62. The molecule has 90 valence electrons. The van der Waals surface area contributed by atoms with Gasteiger partial charge in [-0.2, -0.15) is 5.10 Å². The van der Waals surface area contributed by atoms with Crippen molar-refractivity contribution in [1.29, 1.82) is 0 Å². The van der Waals surface area contributed by atoms with Crippen LogP contribution in [-0.2, 0) is 9.53 Å². The number of carbonyl (C=O) groups excluding carboxylic acids is 1. The molecule has 0 aliphatic rings. The maximum atomic E-state index is 11.2. The van der Waals surface area contributed by atoms with E-state index >= 15 is 0 Å². The number of carbonyl (C=O) groups is 1. The zero-order valence-electron chi connectivity index (χ0n) is 9.44. The van der Waals surface area contributed by atoms with Gasteiger partial charge in [0.25, 0.3) is 0 Å². The van der Waals surface area contributed by atoms with Gasteiger partial charge in [0.05, 0.1) is 12.3 Å². The number of benzene rings is 1. The van der Waals surface area contributed by atoms with E-state index in [0.717, 1.165) is 5.56 Å². The van der Waals surface area contributed by atoms with Crippen LogP contribution in [0.15, 0.2) is 35.9 Å². The molecule has 1 aromatic rings. The molecule has 0 atom stereocenters. The van der Waals surface area contributed by atoms with Crippen molar-refractivity contribution in [2.24, 2.45) is 5.10 Å². The van der Waals surface area contributed by atoms with Gasteiger partial charge < -0.3 is 4.74 Å². The van der Waals surface area contributed by atoms with Gasteiger partial charge in [-0.15, -0.1) is 0 Å². The van der Waals surface area contributed by atoms with Crippen molar-refractivity contribution in [3.8, 4) is 0 Å². The molecule has 0 saturated heterocycles. The molecule has 0 fully saturated rings. The Balaban J connectivity index is 2.75. The van der Waals surface area contributed by atoms with Gasteiger partial charge in [0.1, 0.15) is 0 Å². The number of hydrazone groups is 1. The monoisotopic (exact) mass is 252 g/mol. The van der Waals surface area contributed by atoms with Gasteiger partial charge in [-0.1, -0.05) is 42.5 Å². The van der Waals surface area contributed by atoms with Gasteiger partial charge in [0.2, 0.25) is 5.17 Å². The van der Waals surface area contributed by atoms with Crippen LogP contribution in [0.2, 0.25) is 0 Å². The SMILES string of the molecule is C=Cc1ccccc1N/N=C(\Cl)C(=O)OCC. The second-order valence-corrected chi connectivity index (χ2v) is 3.38. The predicted molar refractivity (Wildman–Crippen MR) is 70.1 cm³/mol. The summed E-state index contributed by atoms with van der Waals surface area (Å²) in [4.78, 5) is 11.2. The molecule has 1 N–H and O–H groups in total. The number of nitrogens with one attached hydrogen (secondary N) is 1. The highest BCUT2D eigenvalue weighted by Crippen LogP contribution is 2.15. The third-order valence-corrected chi connectivity index (χ3v) is 2.14. The Bertz CT molecular complexity index is 444. The fraction of sp³-hybridized carbons (Fsp3) is 0.167. The van der Waals surface area contributed by atoms with Crippen LogP contribution in [0.4, 0.5) is 5.69 Å². The van der Waals surface area contributed by atoms with Crippen LogP contribution in [-0.4, -0.2) is 17.7 Å². The minimum absolute atomic E-state index is 0.245.